The number of thiophene rings is 1. The first-order valence-corrected chi connectivity index (χ1v) is 9.90. The maximum absolute atomic E-state index is 6.32. The van der Waals surface area contributed by atoms with Gasteiger partial charge in [-0.3, -0.25) is 0 Å². The second-order valence-electron chi connectivity index (χ2n) is 6.24. The lowest BCUT2D eigenvalue weighted by Crippen LogP contribution is -2.38. The molecule has 1 N–H and O–H groups in total. The van der Waals surface area contributed by atoms with Crippen LogP contribution in [0.4, 0.5) is 0 Å². The Bertz CT molecular complexity index is 903. The van der Waals surface area contributed by atoms with E-state index < -0.39 is 0 Å². The number of aromatic nitrogens is 3. The molecule has 27 heavy (non-hydrogen) atoms. The fourth-order valence-corrected chi connectivity index (χ4v) is 3.42. The molecule has 0 saturated carbocycles. The van der Waals surface area contributed by atoms with Gasteiger partial charge in [-0.1, -0.05) is 35.9 Å². The van der Waals surface area contributed by atoms with Gasteiger partial charge in [0, 0.05) is 30.5 Å². The predicted molar refractivity (Wildman–Crippen MR) is 111 cm³/mol. The maximum Gasteiger partial charge on any atom is 0.194 e. The Hall–Kier alpha value is -2.38. The second-order valence-corrected chi connectivity index (χ2v) is 7.68. The summed E-state index contributed by atoms with van der Waals surface area (Å²) in [6.07, 6.45) is 0. The van der Waals surface area contributed by atoms with Crippen LogP contribution in [-0.2, 0) is 26.7 Å². The molecule has 0 aliphatic heterocycles. The Morgan fingerprint density at radius 2 is 2.07 bits per heavy atom. The van der Waals surface area contributed by atoms with Crippen LogP contribution in [0, 0.1) is 6.92 Å². The highest BCUT2D eigenvalue weighted by Gasteiger charge is 2.11. The van der Waals surface area contributed by atoms with Gasteiger partial charge < -0.3 is 14.8 Å². The van der Waals surface area contributed by atoms with Crippen LogP contribution in [0.1, 0.15) is 22.1 Å². The third-order valence-corrected chi connectivity index (χ3v) is 5.53. The van der Waals surface area contributed by atoms with Crippen LogP contribution in [0.15, 0.2) is 46.8 Å². The van der Waals surface area contributed by atoms with Gasteiger partial charge >= 0.3 is 0 Å². The van der Waals surface area contributed by atoms with Crippen molar-refractivity contribution in [1.82, 2.24) is 25.0 Å². The Labute approximate surface area is 168 Å². The SMILES string of the molecule is Cc1nnc(CN=C(NCc2cccs2)N(C)Cc2ccccc2Cl)n1C. The minimum absolute atomic E-state index is 0.455. The van der Waals surface area contributed by atoms with Gasteiger partial charge in [0.05, 0.1) is 6.54 Å². The van der Waals surface area contributed by atoms with Crippen molar-refractivity contribution in [2.75, 3.05) is 7.05 Å². The zero-order chi connectivity index (χ0) is 19.2. The van der Waals surface area contributed by atoms with Crippen molar-refractivity contribution >= 4 is 28.9 Å². The molecular formula is C19H23ClN6S. The van der Waals surface area contributed by atoms with E-state index in [0.717, 1.165) is 34.7 Å². The highest BCUT2D eigenvalue weighted by molar-refractivity contribution is 7.09. The van der Waals surface area contributed by atoms with Crippen molar-refractivity contribution in [3.63, 3.8) is 0 Å². The highest BCUT2D eigenvalue weighted by atomic mass is 35.5. The minimum atomic E-state index is 0.455. The molecule has 0 spiro atoms. The van der Waals surface area contributed by atoms with Gasteiger partial charge in [-0.2, -0.15) is 0 Å². The van der Waals surface area contributed by atoms with Crippen LogP contribution in [0.3, 0.4) is 0 Å². The van der Waals surface area contributed by atoms with Gasteiger partial charge in [0.15, 0.2) is 11.8 Å². The third kappa shape index (κ3) is 5.08. The molecule has 0 bridgehead atoms. The van der Waals surface area contributed by atoms with Crippen LogP contribution in [0.5, 0.6) is 0 Å². The fourth-order valence-electron chi connectivity index (χ4n) is 2.58. The van der Waals surface area contributed by atoms with E-state index in [1.165, 1.54) is 4.88 Å². The molecule has 0 atom stereocenters. The summed E-state index contributed by atoms with van der Waals surface area (Å²) in [6.45, 7) is 3.77. The van der Waals surface area contributed by atoms with Gasteiger partial charge in [-0.05, 0) is 30.0 Å². The van der Waals surface area contributed by atoms with Gasteiger partial charge in [0.1, 0.15) is 12.4 Å². The lowest BCUT2D eigenvalue weighted by atomic mass is 10.2. The fraction of sp³-hybridized carbons (Fsp3) is 0.316. The first-order valence-electron chi connectivity index (χ1n) is 8.64. The molecule has 2 heterocycles. The van der Waals surface area contributed by atoms with E-state index in [1.807, 2.05) is 55.9 Å². The van der Waals surface area contributed by atoms with E-state index >= 15 is 0 Å². The number of aryl methyl sites for hydroxylation is 1. The molecule has 8 heteroatoms. The molecule has 6 nitrogen and oxygen atoms in total. The monoisotopic (exact) mass is 402 g/mol. The van der Waals surface area contributed by atoms with Crippen LogP contribution in [-0.4, -0.2) is 32.7 Å². The summed E-state index contributed by atoms with van der Waals surface area (Å²) in [7, 11) is 3.96. The molecule has 0 amide bonds. The summed E-state index contributed by atoms with van der Waals surface area (Å²) >= 11 is 8.04. The Balaban J connectivity index is 1.76. The summed E-state index contributed by atoms with van der Waals surface area (Å²) in [4.78, 5) is 8.08. The van der Waals surface area contributed by atoms with E-state index in [0.29, 0.717) is 13.1 Å². The van der Waals surface area contributed by atoms with E-state index in [2.05, 4.69) is 31.9 Å². The van der Waals surface area contributed by atoms with E-state index in [4.69, 9.17) is 16.6 Å². The molecule has 3 aromatic rings. The van der Waals surface area contributed by atoms with Gasteiger partial charge in [0.2, 0.25) is 0 Å². The first-order chi connectivity index (χ1) is 13.0. The summed E-state index contributed by atoms with van der Waals surface area (Å²) < 4.78 is 1.95. The number of benzene rings is 1. The van der Waals surface area contributed by atoms with Crippen molar-refractivity contribution in [3.05, 3.63) is 68.9 Å². The van der Waals surface area contributed by atoms with Crippen LogP contribution in [0.25, 0.3) is 0 Å². The largest absolute Gasteiger partial charge is 0.351 e. The Morgan fingerprint density at radius 1 is 1.26 bits per heavy atom. The molecule has 0 aliphatic rings. The van der Waals surface area contributed by atoms with E-state index in [9.17, 15) is 0 Å². The lowest BCUT2D eigenvalue weighted by molar-refractivity contribution is 0.474. The third-order valence-electron chi connectivity index (χ3n) is 4.28. The average molecular weight is 403 g/mol. The molecule has 2 aromatic heterocycles. The maximum atomic E-state index is 6.32. The summed E-state index contributed by atoms with van der Waals surface area (Å²) in [5.41, 5.74) is 1.06. The standard InChI is InChI=1S/C19H23ClN6S/c1-14-23-24-18(26(14)3)12-22-19(21-11-16-8-6-10-27-16)25(2)13-15-7-4-5-9-17(15)20/h4-10H,11-13H2,1-3H3,(H,21,22). The molecule has 0 fully saturated rings. The lowest BCUT2D eigenvalue weighted by Gasteiger charge is -2.23. The van der Waals surface area contributed by atoms with E-state index in [-0.39, 0.29) is 0 Å². The van der Waals surface area contributed by atoms with Crippen molar-refractivity contribution in [1.29, 1.82) is 0 Å². The number of hydrogen-bond acceptors (Lipinski definition) is 4. The van der Waals surface area contributed by atoms with Crippen LogP contribution >= 0.6 is 22.9 Å². The quantitative estimate of drug-likeness (QED) is 0.505. The molecule has 0 unspecified atom stereocenters. The number of rotatable bonds is 6. The molecule has 3 rings (SSSR count). The zero-order valence-electron chi connectivity index (χ0n) is 15.7. The first kappa shape index (κ1) is 19.4. The van der Waals surface area contributed by atoms with Crippen molar-refractivity contribution in [2.24, 2.45) is 12.0 Å². The van der Waals surface area contributed by atoms with Crippen LogP contribution < -0.4 is 5.32 Å². The number of nitrogens with one attached hydrogen (secondary N) is 1. The molecule has 0 saturated heterocycles. The van der Waals surface area contributed by atoms with Gasteiger partial charge in [-0.25, -0.2) is 4.99 Å². The molecule has 1 aromatic carbocycles. The van der Waals surface area contributed by atoms with Crippen molar-refractivity contribution in [3.8, 4) is 0 Å². The predicted octanol–water partition coefficient (Wildman–Crippen LogP) is 3.62. The molecular weight excluding hydrogens is 380 g/mol. The number of aliphatic imine (C=N–C) groups is 1. The summed E-state index contributed by atoms with van der Waals surface area (Å²) in [5.74, 6) is 2.50. The molecule has 142 valence electrons. The van der Waals surface area contributed by atoms with Gasteiger partial charge in [0.25, 0.3) is 0 Å². The number of halogens is 1. The topological polar surface area (TPSA) is 58.3 Å². The number of guanidine groups is 1. The normalized spacial score (nSPS) is 11.6. The number of nitrogens with zero attached hydrogens (tertiary/aromatic N) is 5. The highest BCUT2D eigenvalue weighted by Crippen LogP contribution is 2.17. The van der Waals surface area contributed by atoms with Crippen molar-refractivity contribution in [2.45, 2.75) is 26.6 Å². The average Bonchev–Trinajstić information content (AvgIpc) is 3.28. The van der Waals surface area contributed by atoms with Crippen molar-refractivity contribution < 1.29 is 0 Å². The second kappa shape index (κ2) is 9.01. The minimum Gasteiger partial charge on any atom is -0.351 e. The smallest absolute Gasteiger partial charge is 0.194 e. The van der Waals surface area contributed by atoms with Crippen LogP contribution in [0.2, 0.25) is 5.02 Å². The summed E-state index contributed by atoms with van der Waals surface area (Å²) in [6, 6.07) is 12.0. The molecule has 0 aliphatic carbocycles. The Kier molecular flexibility index (Phi) is 6.47. The van der Waals surface area contributed by atoms with E-state index in [1.54, 1.807) is 11.3 Å². The summed E-state index contributed by atoms with van der Waals surface area (Å²) in [5, 5.41) is 14.6. The Morgan fingerprint density at radius 3 is 2.74 bits per heavy atom. The molecule has 0 radical (unpaired) electrons. The zero-order valence-corrected chi connectivity index (χ0v) is 17.3. The number of hydrogen-bond donors (Lipinski definition) is 1. The van der Waals surface area contributed by atoms with Gasteiger partial charge in [-0.15, -0.1) is 21.5 Å².